The Morgan fingerprint density at radius 2 is 1.69 bits per heavy atom. The van der Waals surface area contributed by atoms with Crippen molar-refractivity contribution in [1.29, 1.82) is 0 Å². The second-order valence-corrected chi connectivity index (χ2v) is 10.3. The van der Waals surface area contributed by atoms with Gasteiger partial charge in [-0.05, 0) is 61.9 Å². The zero-order valence-corrected chi connectivity index (χ0v) is 22.4. The third kappa shape index (κ3) is 7.89. The first-order chi connectivity index (χ1) is 18.8. The van der Waals surface area contributed by atoms with Crippen LogP contribution in [-0.2, 0) is 11.3 Å². The monoisotopic (exact) mass is 529 g/mol. The first kappa shape index (κ1) is 27.8. The molecule has 1 aliphatic rings. The predicted octanol–water partition coefficient (Wildman–Crippen LogP) is 5.84. The third-order valence-electron chi connectivity index (χ3n) is 7.21. The van der Waals surface area contributed by atoms with Gasteiger partial charge in [0.2, 0.25) is 5.91 Å². The van der Waals surface area contributed by atoms with E-state index in [1.807, 2.05) is 50.2 Å². The molecule has 4 rings (SSSR count). The quantitative estimate of drug-likeness (QED) is 0.360. The van der Waals surface area contributed by atoms with Crippen molar-refractivity contribution in [3.63, 3.8) is 0 Å². The number of nitrogens with one attached hydrogen (secondary N) is 1. The van der Waals surface area contributed by atoms with E-state index in [0.29, 0.717) is 17.2 Å². The summed E-state index contributed by atoms with van der Waals surface area (Å²) in [6, 6.07) is 16.1. The number of pyridine rings is 1. The number of rotatable bonds is 9. The van der Waals surface area contributed by atoms with Crippen LogP contribution >= 0.6 is 0 Å². The summed E-state index contributed by atoms with van der Waals surface area (Å²) in [7, 11) is 0. The van der Waals surface area contributed by atoms with Crippen molar-refractivity contribution in [3.8, 4) is 16.9 Å². The lowest BCUT2D eigenvalue weighted by Gasteiger charge is -2.29. The number of aryl methyl sites for hydroxylation is 1. The maximum Gasteiger partial charge on any atom is 0.416 e. The highest BCUT2D eigenvalue weighted by molar-refractivity contribution is 5.88. The summed E-state index contributed by atoms with van der Waals surface area (Å²) in [6.45, 7) is 4.03. The molecule has 2 N–H and O–H groups in total. The van der Waals surface area contributed by atoms with Gasteiger partial charge in [-0.15, -0.1) is 0 Å². The SMILES string of the molecule is Cc1ccc(OC(=O)N(CC(=O)NC(C)C2CCCCC2)Cc2ccc(-c3cncc(C(=O)O)c3)cc2)cc1. The fourth-order valence-electron chi connectivity index (χ4n) is 4.92. The molecule has 0 bridgehead atoms. The van der Waals surface area contributed by atoms with Gasteiger partial charge >= 0.3 is 12.1 Å². The van der Waals surface area contributed by atoms with Crippen molar-refractivity contribution in [2.75, 3.05) is 6.54 Å². The summed E-state index contributed by atoms with van der Waals surface area (Å²) in [5.74, 6) is -0.396. The van der Waals surface area contributed by atoms with Crippen LogP contribution in [0.25, 0.3) is 11.1 Å². The van der Waals surface area contributed by atoms with Gasteiger partial charge in [-0.3, -0.25) is 14.7 Å². The lowest BCUT2D eigenvalue weighted by atomic mass is 9.84. The van der Waals surface area contributed by atoms with Crippen LogP contribution in [0, 0.1) is 12.8 Å². The number of carbonyl (C=O) groups is 3. The molecule has 2 aromatic carbocycles. The number of ether oxygens (including phenoxy) is 1. The van der Waals surface area contributed by atoms with Gasteiger partial charge in [0, 0.05) is 30.5 Å². The Morgan fingerprint density at radius 3 is 2.36 bits per heavy atom. The number of amides is 2. The normalized spacial score (nSPS) is 14.3. The first-order valence-electron chi connectivity index (χ1n) is 13.4. The summed E-state index contributed by atoms with van der Waals surface area (Å²) in [6.07, 6.45) is 8.13. The smallest absolute Gasteiger partial charge is 0.416 e. The van der Waals surface area contributed by atoms with Crippen LogP contribution in [0.5, 0.6) is 5.75 Å². The van der Waals surface area contributed by atoms with Crippen LogP contribution in [0.15, 0.2) is 67.0 Å². The Kier molecular flexibility index (Phi) is 9.31. The Morgan fingerprint density at radius 1 is 1.00 bits per heavy atom. The summed E-state index contributed by atoms with van der Waals surface area (Å²) in [5, 5.41) is 12.3. The summed E-state index contributed by atoms with van der Waals surface area (Å²) in [4.78, 5) is 42.9. The topological polar surface area (TPSA) is 109 Å². The number of nitrogens with zero attached hydrogens (tertiary/aromatic N) is 2. The molecule has 2 amide bonds. The number of carbonyl (C=O) groups excluding carboxylic acids is 2. The highest BCUT2D eigenvalue weighted by atomic mass is 16.6. The summed E-state index contributed by atoms with van der Waals surface area (Å²) >= 11 is 0. The van der Waals surface area contributed by atoms with E-state index in [0.717, 1.165) is 29.5 Å². The number of benzene rings is 2. The van der Waals surface area contributed by atoms with Gasteiger partial charge in [-0.25, -0.2) is 9.59 Å². The molecule has 1 saturated carbocycles. The van der Waals surface area contributed by atoms with Crippen LogP contribution < -0.4 is 10.1 Å². The fourth-order valence-corrected chi connectivity index (χ4v) is 4.92. The zero-order valence-electron chi connectivity index (χ0n) is 22.4. The van der Waals surface area contributed by atoms with Crippen LogP contribution in [0.2, 0.25) is 0 Å². The average Bonchev–Trinajstić information content (AvgIpc) is 2.94. The molecular formula is C31H35N3O5. The molecular weight excluding hydrogens is 494 g/mol. The number of aromatic nitrogens is 1. The van der Waals surface area contributed by atoms with E-state index in [2.05, 4.69) is 10.3 Å². The molecule has 204 valence electrons. The van der Waals surface area contributed by atoms with Gasteiger partial charge in [0.15, 0.2) is 0 Å². The lowest BCUT2D eigenvalue weighted by molar-refractivity contribution is -0.123. The van der Waals surface area contributed by atoms with E-state index in [4.69, 9.17) is 4.74 Å². The molecule has 3 aromatic rings. The lowest BCUT2D eigenvalue weighted by Crippen LogP contribution is -2.46. The highest BCUT2D eigenvalue weighted by Crippen LogP contribution is 2.26. The molecule has 0 radical (unpaired) electrons. The Bertz CT molecular complexity index is 1280. The van der Waals surface area contributed by atoms with Gasteiger partial charge in [0.1, 0.15) is 12.3 Å². The second kappa shape index (κ2) is 13.0. The molecule has 1 atom stereocenters. The van der Waals surface area contributed by atoms with Crippen LogP contribution in [0.4, 0.5) is 4.79 Å². The first-order valence-corrected chi connectivity index (χ1v) is 13.4. The largest absolute Gasteiger partial charge is 0.478 e. The van der Waals surface area contributed by atoms with Crippen molar-refractivity contribution in [2.24, 2.45) is 5.92 Å². The van der Waals surface area contributed by atoms with Gasteiger partial charge < -0.3 is 15.2 Å². The van der Waals surface area contributed by atoms with Crippen molar-refractivity contribution < 1.29 is 24.2 Å². The highest BCUT2D eigenvalue weighted by Gasteiger charge is 2.24. The van der Waals surface area contributed by atoms with E-state index >= 15 is 0 Å². The minimum atomic E-state index is -1.04. The summed E-state index contributed by atoms with van der Waals surface area (Å²) in [5.41, 5.74) is 3.42. The molecule has 8 nitrogen and oxygen atoms in total. The minimum Gasteiger partial charge on any atom is -0.478 e. The number of carboxylic acids is 1. The van der Waals surface area contributed by atoms with Gasteiger partial charge in [-0.1, -0.05) is 61.2 Å². The van der Waals surface area contributed by atoms with Crippen molar-refractivity contribution in [2.45, 2.75) is 58.5 Å². The molecule has 1 aromatic heterocycles. The van der Waals surface area contributed by atoms with E-state index in [-0.39, 0.29) is 30.6 Å². The molecule has 39 heavy (non-hydrogen) atoms. The number of carboxylic acid groups (broad SMARTS) is 1. The fraction of sp³-hybridized carbons (Fsp3) is 0.355. The van der Waals surface area contributed by atoms with Crippen molar-refractivity contribution in [1.82, 2.24) is 15.2 Å². The van der Waals surface area contributed by atoms with Crippen molar-refractivity contribution >= 4 is 18.0 Å². The molecule has 0 spiro atoms. The molecule has 1 unspecified atom stereocenters. The maximum atomic E-state index is 13.2. The summed E-state index contributed by atoms with van der Waals surface area (Å²) < 4.78 is 5.60. The van der Waals surface area contributed by atoms with Gasteiger partial charge in [0.25, 0.3) is 0 Å². The third-order valence-corrected chi connectivity index (χ3v) is 7.21. The number of hydrogen-bond donors (Lipinski definition) is 2. The molecule has 1 aliphatic carbocycles. The van der Waals surface area contributed by atoms with E-state index in [1.54, 1.807) is 24.4 Å². The van der Waals surface area contributed by atoms with E-state index in [9.17, 15) is 19.5 Å². The molecule has 0 aliphatic heterocycles. The number of aromatic carboxylic acids is 1. The molecule has 8 heteroatoms. The van der Waals surface area contributed by atoms with E-state index < -0.39 is 12.1 Å². The average molecular weight is 530 g/mol. The number of hydrogen-bond acceptors (Lipinski definition) is 5. The molecule has 0 saturated heterocycles. The van der Waals surface area contributed by atoms with Crippen LogP contribution in [0.1, 0.15) is 60.5 Å². The molecule has 1 fully saturated rings. The standard InChI is InChI=1S/C31H35N3O5/c1-21-8-14-28(15-9-21)39-31(38)34(20-29(35)33-22(2)24-6-4-3-5-7-24)19-23-10-12-25(13-11-23)26-16-27(30(36)37)18-32-17-26/h8-18,22,24H,3-7,19-20H2,1-2H3,(H,33,35)(H,36,37). The molecule has 1 heterocycles. The Balaban J connectivity index is 1.47. The minimum absolute atomic E-state index is 0.0437. The van der Waals surface area contributed by atoms with Crippen LogP contribution in [-0.4, -0.2) is 45.5 Å². The predicted molar refractivity (Wildman–Crippen MR) is 148 cm³/mol. The maximum absolute atomic E-state index is 13.2. The van der Waals surface area contributed by atoms with Gasteiger partial charge in [-0.2, -0.15) is 0 Å². The van der Waals surface area contributed by atoms with Gasteiger partial charge in [0.05, 0.1) is 5.56 Å². The Hall–Kier alpha value is -4.20. The van der Waals surface area contributed by atoms with Crippen LogP contribution in [0.3, 0.4) is 0 Å². The second-order valence-electron chi connectivity index (χ2n) is 10.3. The van der Waals surface area contributed by atoms with E-state index in [1.165, 1.54) is 30.4 Å². The zero-order chi connectivity index (χ0) is 27.8. The Labute approximate surface area is 229 Å². The van der Waals surface area contributed by atoms with Crippen molar-refractivity contribution in [3.05, 3.63) is 83.7 Å².